The number of hydrogen-bond donors (Lipinski definition) is 1. The van der Waals surface area contributed by atoms with Crippen LogP contribution in [0.25, 0.3) is 0 Å². The van der Waals surface area contributed by atoms with Crippen molar-refractivity contribution in [1.82, 2.24) is 14.9 Å². The fourth-order valence-electron chi connectivity index (χ4n) is 1.97. The van der Waals surface area contributed by atoms with Gasteiger partial charge < -0.3 is 15.0 Å². The molecule has 18 heavy (non-hydrogen) atoms. The summed E-state index contributed by atoms with van der Waals surface area (Å²) in [6, 6.07) is 0. The van der Waals surface area contributed by atoms with E-state index in [1.165, 1.54) is 0 Å². The topological polar surface area (TPSA) is 50.3 Å². The molecule has 0 radical (unpaired) electrons. The Labute approximate surface area is 113 Å². The molecule has 0 spiro atoms. The predicted octanol–water partition coefficient (Wildman–Crippen LogP) is 1.49. The number of likely N-dealkylation sites (N-methyl/N-ethyl adjacent to an activating group) is 1. The Hall–Kier alpha value is -0.910. The molecule has 6 heteroatoms. The zero-order chi connectivity index (χ0) is 13.1. The molecule has 0 amide bonds. The summed E-state index contributed by atoms with van der Waals surface area (Å²) in [6.07, 6.45) is 0.192. The third-order valence-corrected chi connectivity index (χ3v) is 3.41. The fourth-order valence-corrected chi connectivity index (χ4v) is 2.18. The monoisotopic (exact) mass is 270 g/mol. The third kappa shape index (κ3) is 3.31. The van der Waals surface area contributed by atoms with Crippen LogP contribution in [0.1, 0.15) is 11.4 Å². The van der Waals surface area contributed by atoms with Gasteiger partial charge in [0.1, 0.15) is 16.8 Å². The SMILES string of the molecule is Cc1nc(Cl)c(C)c(NCC2CN(C)CCO2)n1. The maximum atomic E-state index is 6.03. The second-order valence-electron chi connectivity index (χ2n) is 4.67. The Bertz CT molecular complexity index is 427. The average molecular weight is 271 g/mol. The molecule has 1 N–H and O–H groups in total. The zero-order valence-corrected chi connectivity index (χ0v) is 11.8. The lowest BCUT2D eigenvalue weighted by Crippen LogP contribution is -2.43. The van der Waals surface area contributed by atoms with Crippen LogP contribution in [-0.2, 0) is 4.74 Å². The quantitative estimate of drug-likeness (QED) is 0.844. The van der Waals surface area contributed by atoms with Crippen LogP contribution in [0.2, 0.25) is 5.15 Å². The Kier molecular flexibility index (Phi) is 4.37. The van der Waals surface area contributed by atoms with Crippen LogP contribution in [0, 0.1) is 13.8 Å². The Morgan fingerprint density at radius 2 is 2.22 bits per heavy atom. The van der Waals surface area contributed by atoms with Crippen LogP contribution in [0.4, 0.5) is 5.82 Å². The van der Waals surface area contributed by atoms with Gasteiger partial charge in [0.05, 0.1) is 12.7 Å². The molecule has 1 aliphatic heterocycles. The number of nitrogens with one attached hydrogen (secondary N) is 1. The van der Waals surface area contributed by atoms with Crippen molar-refractivity contribution in [2.45, 2.75) is 20.0 Å². The highest BCUT2D eigenvalue weighted by Gasteiger charge is 2.18. The van der Waals surface area contributed by atoms with Gasteiger partial charge in [-0.2, -0.15) is 0 Å². The van der Waals surface area contributed by atoms with Gasteiger partial charge in [-0.25, -0.2) is 9.97 Å². The van der Waals surface area contributed by atoms with E-state index in [4.69, 9.17) is 16.3 Å². The molecule has 2 rings (SSSR count). The minimum Gasteiger partial charge on any atom is -0.374 e. The van der Waals surface area contributed by atoms with Crippen LogP contribution in [0.5, 0.6) is 0 Å². The van der Waals surface area contributed by atoms with Gasteiger partial charge in [0, 0.05) is 25.2 Å². The number of rotatable bonds is 3. The van der Waals surface area contributed by atoms with Gasteiger partial charge in [0.2, 0.25) is 0 Å². The lowest BCUT2D eigenvalue weighted by atomic mass is 10.2. The highest BCUT2D eigenvalue weighted by molar-refractivity contribution is 6.30. The van der Waals surface area contributed by atoms with Gasteiger partial charge in [-0.3, -0.25) is 0 Å². The van der Waals surface area contributed by atoms with Crippen LogP contribution < -0.4 is 5.32 Å². The highest BCUT2D eigenvalue weighted by atomic mass is 35.5. The van der Waals surface area contributed by atoms with E-state index >= 15 is 0 Å². The number of ether oxygens (including phenoxy) is 1. The van der Waals surface area contributed by atoms with Crippen molar-refractivity contribution in [3.8, 4) is 0 Å². The molecule has 100 valence electrons. The van der Waals surface area contributed by atoms with Crippen molar-refractivity contribution in [1.29, 1.82) is 0 Å². The smallest absolute Gasteiger partial charge is 0.137 e. The first kappa shape index (κ1) is 13.5. The molecule has 1 aliphatic rings. The van der Waals surface area contributed by atoms with Crippen molar-refractivity contribution >= 4 is 17.4 Å². The summed E-state index contributed by atoms with van der Waals surface area (Å²) in [4.78, 5) is 10.7. The fraction of sp³-hybridized carbons (Fsp3) is 0.667. The van der Waals surface area contributed by atoms with E-state index < -0.39 is 0 Å². The molecule has 0 bridgehead atoms. The second kappa shape index (κ2) is 5.82. The molecule has 5 nitrogen and oxygen atoms in total. The van der Waals surface area contributed by atoms with Crippen LogP contribution in [0.15, 0.2) is 0 Å². The summed E-state index contributed by atoms with van der Waals surface area (Å²) in [7, 11) is 2.10. The van der Waals surface area contributed by atoms with E-state index in [2.05, 4.69) is 27.2 Å². The number of aryl methyl sites for hydroxylation is 1. The van der Waals surface area contributed by atoms with Gasteiger partial charge in [-0.05, 0) is 20.9 Å². The van der Waals surface area contributed by atoms with E-state index in [0.29, 0.717) is 11.0 Å². The molecule has 1 aromatic heterocycles. The van der Waals surface area contributed by atoms with Gasteiger partial charge >= 0.3 is 0 Å². The van der Waals surface area contributed by atoms with E-state index in [9.17, 15) is 0 Å². The van der Waals surface area contributed by atoms with Crippen molar-refractivity contribution in [2.24, 2.45) is 0 Å². The Morgan fingerprint density at radius 3 is 2.94 bits per heavy atom. The normalized spacial score (nSPS) is 21.0. The van der Waals surface area contributed by atoms with Crippen molar-refractivity contribution in [3.05, 3.63) is 16.5 Å². The third-order valence-electron chi connectivity index (χ3n) is 3.04. The van der Waals surface area contributed by atoms with Gasteiger partial charge in [-0.15, -0.1) is 0 Å². The summed E-state index contributed by atoms with van der Waals surface area (Å²) < 4.78 is 5.69. The highest BCUT2D eigenvalue weighted by Crippen LogP contribution is 2.19. The molecular formula is C12H19ClN4O. The van der Waals surface area contributed by atoms with Crippen LogP contribution in [0.3, 0.4) is 0 Å². The molecule has 0 aliphatic carbocycles. The standard InChI is InChI=1S/C12H19ClN4O/c1-8-11(13)15-9(2)16-12(8)14-6-10-7-17(3)4-5-18-10/h10H,4-7H2,1-3H3,(H,14,15,16). The molecule has 2 heterocycles. The number of aromatic nitrogens is 2. The van der Waals surface area contributed by atoms with E-state index in [1.54, 1.807) is 0 Å². The van der Waals surface area contributed by atoms with E-state index in [1.807, 2.05) is 13.8 Å². The van der Waals surface area contributed by atoms with Gasteiger partial charge in [-0.1, -0.05) is 11.6 Å². The maximum Gasteiger partial charge on any atom is 0.137 e. The summed E-state index contributed by atoms with van der Waals surface area (Å²) in [5, 5.41) is 3.80. The first-order valence-corrected chi connectivity index (χ1v) is 6.49. The van der Waals surface area contributed by atoms with Crippen LogP contribution in [-0.4, -0.2) is 54.3 Å². The first-order valence-electron chi connectivity index (χ1n) is 6.11. The lowest BCUT2D eigenvalue weighted by Gasteiger charge is -2.30. The number of hydrogen-bond acceptors (Lipinski definition) is 5. The summed E-state index contributed by atoms with van der Waals surface area (Å²) in [5.41, 5.74) is 0.881. The Balaban J connectivity index is 1.97. The van der Waals surface area contributed by atoms with Crippen molar-refractivity contribution in [3.63, 3.8) is 0 Å². The van der Waals surface area contributed by atoms with Crippen LogP contribution >= 0.6 is 11.6 Å². The van der Waals surface area contributed by atoms with E-state index in [-0.39, 0.29) is 6.10 Å². The summed E-state index contributed by atoms with van der Waals surface area (Å²) in [6.45, 7) is 7.19. The molecule has 1 unspecified atom stereocenters. The first-order chi connectivity index (χ1) is 8.56. The summed E-state index contributed by atoms with van der Waals surface area (Å²) >= 11 is 6.03. The van der Waals surface area contributed by atoms with Gasteiger partial charge in [0.25, 0.3) is 0 Å². The largest absolute Gasteiger partial charge is 0.374 e. The molecule has 0 aromatic carbocycles. The molecular weight excluding hydrogens is 252 g/mol. The minimum absolute atomic E-state index is 0.192. The van der Waals surface area contributed by atoms with Crippen molar-refractivity contribution in [2.75, 3.05) is 38.6 Å². The number of halogens is 1. The molecule has 1 saturated heterocycles. The second-order valence-corrected chi connectivity index (χ2v) is 5.03. The number of nitrogens with zero attached hydrogens (tertiary/aromatic N) is 3. The zero-order valence-electron chi connectivity index (χ0n) is 11.0. The number of morpholine rings is 1. The summed E-state index contributed by atoms with van der Waals surface area (Å²) in [5.74, 6) is 1.47. The Morgan fingerprint density at radius 1 is 1.44 bits per heavy atom. The van der Waals surface area contributed by atoms with E-state index in [0.717, 1.165) is 37.6 Å². The van der Waals surface area contributed by atoms with Crippen molar-refractivity contribution < 1.29 is 4.74 Å². The molecule has 1 fully saturated rings. The number of anilines is 1. The van der Waals surface area contributed by atoms with Gasteiger partial charge in [0.15, 0.2) is 0 Å². The molecule has 1 aromatic rings. The predicted molar refractivity (Wildman–Crippen MR) is 72.2 cm³/mol. The minimum atomic E-state index is 0.192. The molecule has 1 atom stereocenters. The average Bonchev–Trinajstić information content (AvgIpc) is 2.32. The maximum absolute atomic E-state index is 6.03. The lowest BCUT2D eigenvalue weighted by molar-refractivity contribution is -0.0117. The molecule has 0 saturated carbocycles.